The number of esters is 1. The normalized spacial score (nSPS) is 10.2. The second-order valence-corrected chi connectivity index (χ2v) is 4.25. The number of thiazole rings is 1. The molecule has 0 spiro atoms. The highest BCUT2D eigenvalue weighted by Crippen LogP contribution is 2.18. The molecule has 0 radical (unpaired) electrons. The van der Waals surface area contributed by atoms with Gasteiger partial charge in [-0.15, -0.1) is 0 Å². The number of hydrogen-bond donors (Lipinski definition) is 1. The minimum atomic E-state index is -0.359. The summed E-state index contributed by atoms with van der Waals surface area (Å²) in [5.41, 5.74) is 0. The van der Waals surface area contributed by atoms with E-state index in [2.05, 4.69) is 20.1 Å². The van der Waals surface area contributed by atoms with Gasteiger partial charge in [-0.1, -0.05) is 11.3 Å². The Balaban J connectivity index is 1.83. The van der Waals surface area contributed by atoms with Crippen molar-refractivity contribution in [2.75, 3.05) is 19.0 Å². The largest absolute Gasteiger partial charge is 0.465 e. The Labute approximate surface area is 102 Å². The van der Waals surface area contributed by atoms with E-state index in [0.29, 0.717) is 16.6 Å². The summed E-state index contributed by atoms with van der Waals surface area (Å²) in [6.45, 7) is 1.45. The van der Waals surface area contributed by atoms with Crippen LogP contribution in [0.25, 0.3) is 0 Å². The van der Waals surface area contributed by atoms with Gasteiger partial charge in [0.15, 0.2) is 5.13 Å². The number of ether oxygens (including phenoxy) is 1. The molecule has 0 aliphatic heterocycles. The van der Waals surface area contributed by atoms with Crippen LogP contribution in [0.2, 0.25) is 0 Å². The number of carbonyl (C=O) groups excluding carboxylic acids is 1. The number of rotatable bonds is 5. The van der Waals surface area contributed by atoms with Crippen LogP contribution in [0, 0.1) is 0 Å². The first-order valence-corrected chi connectivity index (χ1v) is 5.86. The molecule has 0 fully saturated rings. The van der Waals surface area contributed by atoms with Crippen LogP contribution >= 0.6 is 11.3 Å². The number of aromatic nitrogens is 3. The van der Waals surface area contributed by atoms with E-state index in [0.717, 1.165) is 6.54 Å². The molecule has 6 nitrogen and oxygen atoms in total. The topological polar surface area (TPSA) is 69.0 Å². The van der Waals surface area contributed by atoms with E-state index in [1.807, 2.05) is 16.9 Å². The van der Waals surface area contributed by atoms with Gasteiger partial charge in [-0.3, -0.25) is 4.68 Å². The maximum atomic E-state index is 11.2. The fourth-order valence-electron chi connectivity index (χ4n) is 1.26. The van der Waals surface area contributed by atoms with E-state index < -0.39 is 0 Å². The molecule has 0 bridgehead atoms. The van der Waals surface area contributed by atoms with Crippen LogP contribution in [0.15, 0.2) is 24.7 Å². The minimum Gasteiger partial charge on any atom is -0.465 e. The summed E-state index contributed by atoms with van der Waals surface area (Å²) in [4.78, 5) is 15.8. The second-order valence-electron chi connectivity index (χ2n) is 3.22. The Bertz CT molecular complexity index is 480. The molecule has 2 aromatic heterocycles. The van der Waals surface area contributed by atoms with Crippen molar-refractivity contribution in [1.82, 2.24) is 14.8 Å². The van der Waals surface area contributed by atoms with Gasteiger partial charge in [0.25, 0.3) is 0 Å². The fraction of sp³-hybridized carbons (Fsp3) is 0.300. The van der Waals surface area contributed by atoms with Gasteiger partial charge in [-0.2, -0.15) is 5.10 Å². The van der Waals surface area contributed by atoms with E-state index in [9.17, 15) is 4.79 Å². The van der Waals surface area contributed by atoms with Crippen LogP contribution < -0.4 is 5.32 Å². The van der Waals surface area contributed by atoms with E-state index in [1.165, 1.54) is 24.6 Å². The van der Waals surface area contributed by atoms with Crippen molar-refractivity contribution in [3.8, 4) is 0 Å². The van der Waals surface area contributed by atoms with Crippen molar-refractivity contribution in [3.63, 3.8) is 0 Å². The highest BCUT2D eigenvalue weighted by Gasteiger charge is 2.09. The monoisotopic (exact) mass is 252 g/mol. The van der Waals surface area contributed by atoms with Crippen LogP contribution in [0.3, 0.4) is 0 Å². The van der Waals surface area contributed by atoms with Gasteiger partial charge in [0, 0.05) is 18.9 Å². The lowest BCUT2D eigenvalue weighted by atomic mass is 10.6. The summed E-state index contributed by atoms with van der Waals surface area (Å²) < 4.78 is 6.42. The van der Waals surface area contributed by atoms with Crippen LogP contribution in [-0.4, -0.2) is 34.4 Å². The Morgan fingerprint density at radius 3 is 3.24 bits per heavy atom. The Morgan fingerprint density at radius 2 is 2.53 bits per heavy atom. The summed E-state index contributed by atoms with van der Waals surface area (Å²) in [6, 6.07) is 1.87. The van der Waals surface area contributed by atoms with Crippen LogP contribution in [0.1, 0.15) is 9.67 Å². The number of hydrogen-bond acceptors (Lipinski definition) is 6. The first-order valence-electron chi connectivity index (χ1n) is 5.05. The van der Waals surface area contributed by atoms with Crippen molar-refractivity contribution in [2.24, 2.45) is 0 Å². The molecule has 2 rings (SSSR count). The number of nitrogens with zero attached hydrogens (tertiary/aromatic N) is 3. The van der Waals surface area contributed by atoms with E-state index in [4.69, 9.17) is 0 Å². The number of methoxy groups -OCH3 is 1. The number of nitrogens with one attached hydrogen (secondary N) is 1. The third kappa shape index (κ3) is 3.04. The average molecular weight is 252 g/mol. The van der Waals surface area contributed by atoms with Crippen LogP contribution in [-0.2, 0) is 11.3 Å². The van der Waals surface area contributed by atoms with Crippen molar-refractivity contribution in [2.45, 2.75) is 6.54 Å². The summed E-state index contributed by atoms with van der Waals surface area (Å²) in [7, 11) is 1.35. The minimum absolute atomic E-state index is 0.359. The van der Waals surface area contributed by atoms with Gasteiger partial charge >= 0.3 is 5.97 Å². The molecule has 90 valence electrons. The van der Waals surface area contributed by atoms with Gasteiger partial charge in [-0.05, 0) is 6.07 Å². The van der Waals surface area contributed by atoms with Gasteiger partial charge in [0.2, 0.25) is 0 Å². The first kappa shape index (κ1) is 11.6. The third-order valence-corrected chi connectivity index (χ3v) is 3.00. The average Bonchev–Trinajstić information content (AvgIpc) is 2.99. The molecule has 17 heavy (non-hydrogen) atoms. The number of anilines is 1. The predicted octanol–water partition coefficient (Wildman–Crippen LogP) is 1.24. The molecule has 7 heteroatoms. The highest BCUT2D eigenvalue weighted by molar-refractivity contribution is 7.17. The van der Waals surface area contributed by atoms with E-state index in [1.54, 1.807) is 6.20 Å². The molecule has 2 heterocycles. The summed E-state index contributed by atoms with van der Waals surface area (Å²) in [5, 5.41) is 7.91. The highest BCUT2D eigenvalue weighted by atomic mass is 32.1. The van der Waals surface area contributed by atoms with Crippen molar-refractivity contribution in [1.29, 1.82) is 0 Å². The number of carbonyl (C=O) groups is 1. The zero-order chi connectivity index (χ0) is 12.1. The smallest absolute Gasteiger partial charge is 0.349 e. The Kier molecular flexibility index (Phi) is 3.71. The lowest BCUT2D eigenvalue weighted by Gasteiger charge is -2.02. The van der Waals surface area contributed by atoms with E-state index >= 15 is 0 Å². The van der Waals surface area contributed by atoms with Crippen LogP contribution in [0.5, 0.6) is 0 Å². The first-order chi connectivity index (χ1) is 8.29. The maximum absolute atomic E-state index is 11.2. The molecule has 0 atom stereocenters. The molecular weight excluding hydrogens is 240 g/mol. The summed E-state index contributed by atoms with van der Waals surface area (Å²) in [5.74, 6) is -0.359. The predicted molar refractivity (Wildman–Crippen MR) is 64.2 cm³/mol. The second kappa shape index (κ2) is 5.44. The summed E-state index contributed by atoms with van der Waals surface area (Å²) in [6.07, 6.45) is 5.13. The van der Waals surface area contributed by atoms with Gasteiger partial charge in [-0.25, -0.2) is 9.78 Å². The zero-order valence-corrected chi connectivity index (χ0v) is 10.1. The molecule has 0 amide bonds. The SMILES string of the molecule is COC(=O)c1cnc(NCCn2cccn2)s1. The third-order valence-electron chi connectivity index (χ3n) is 2.07. The molecule has 0 unspecified atom stereocenters. The van der Waals surface area contributed by atoms with Crippen molar-refractivity contribution < 1.29 is 9.53 Å². The standard InChI is InChI=1S/C10H12N4O2S/c1-16-9(15)8-7-12-10(17-8)11-4-6-14-5-2-3-13-14/h2-3,5,7H,4,6H2,1H3,(H,11,12). The molecule has 2 aromatic rings. The van der Waals surface area contributed by atoms with Gasteiger partial charge < -0.3 is 10.1 Å². The zero-order valence-electron chi connectivity index (χ0n) is 9.29. The molecule has 0 aromatic carbocycles. The lowest BCUT2D eigenvalue weighted by molar-refractivity contribution is 0.0606. The lowest BCUT2D eigenvalue weighted by Crippen LogP contribution is -2.10. The Hall–Kier alpha value is -1.89. The van der Waals surface area contributed by atoms with Crippen molar-refractivity contribution in [3.05, 3.63) is 29.5 Å². The molecule has 0 saturated carbocycles. The molecule has 0 aliphatic rings. The van der Waals surface area contributed by atoms with Gasteiger partial charge in [0.05, 0.1) is 19.9 Å². The van der Waals surface area contributed by atoms with Gasteiger partial charge in [0.1, 0.15) is 4.88 Å². The maximum Gasteiger partial charge on any atom is 0.349 e. The molecule has 1 N–H and O–H groups in total. The molecular formula is C10H12N4O2S. The molecule has 0 aliphatic carbocycles. The summed E-state index contributed by atoms with van der Waals surface area (Å²) >= 11 is 1.28. The molecule has 0 saturated heterocycles. The Morgan fingerprint density at radius 1 is 1.65 bits per heavy atom. The fourth-order valence-corrected chi connectivity index (χ4v) is 2.02. The quantitative estimate of drug-likeness (QED) is 0.811. The van der Waals surface area contributed by atoms with Crippen LogP contribution in [0.4, 0.5) is 5.13 Å². The van der Waals surface area contributed by atoms with Crippen molar-refractivity contribution >= 4 is 22.4 Å². The van der Waals surface area contributed by atoms with E-state index in [-0.39, 0.29) is 5.97 Å².